The molecule has 126 valence electrons. The number of allylic oxidation sites excluding steroid dienone is 1. The predicted octanol–water partition coefficient (Wildman–Crippen LogP) is 3.89. The molecule has 0 saturated carbocycles. The van der Waals surface area contributed by atoms with Gasteiger partial charge in [0.2, 0.25) is 0 Å². The highest BCUT2D eigenvalue weighted by atomic mass is 32.2. The normalized spacial score (nSPS) is 12.1. The van der Waals surface area contributed by atoms with Crippen LogP contribution in [0.1, 0.15) is 16.9 Å². The van der Waals surface area contributed by atoms with Gasteiger partial charge in [-0.1, -0.05) is 30.3 Å². The van der Waals surface area contributed by atoms with Crippen molar-refractivity contribution in [1.29, 1.82) is 5.26 Å². The van der Waals surface area contributed by atoms with Crippen LogP contribution < -0.4 is 4.72 Å². The molecule has 1 aromatic heterocycles. The Morgan fingerprint density at radius 1 is 1.29 bits per heavy atom. The van der Waals surface area contributed by atoms with Crippen LogP contribution in [-0.4, -0.2) is 21.2 Å². The molecule has 0 unspecified atom stereocenters. The van der Waals surface area contributed by atoms with Crippen LogP contribution in [0.5, 0.6) is 0 Å². The number of sulfonamides is 1. The molecular formula is C17H18N2O2S3. The summed E-state index contributed by atoms with van der Waals surface area (Å²) in [5.74, 6) is 0. The number of rotatable bonds is 8. The van der Waals surface area contributed by atoms with Crippen LogP contribution >= 0.6 is 23.1 Å². The second-order valence-electron chi connectivity index (χ2n) is 4.97. The third-order valence-electron chi connectivity index (χ3n) is 3.25. The molecule has 0 spiro atoms. The Hall–Kier alpha value is -1.59. The first kappa shape index (κ1) is 18.7. The van der Waals surface area contributed by atoms with E-state index in [-0.39, 0.29) is 4.91 Å². The lowest BCUT2D eigenvalue weighted by atomic mass is 10.1. The third kappa shape index (κ3) is 5.49. The quantitative estimate of drug-likeness (QED) is 0.430. The van der Waals surface area contributed by atoms with Crippen molar-refractivity contribution < 1.29 is 8.42 Å². The lowest BCUT2D eigenvalue weighted by molar-refractivity contribution is 0.587. The summed E-state index contributed by atoms with van der Waals surface area (Å²) in [5, 5.41) is 9.18. The minimum absolute atomic E-state index is 0.253. The number of thiophene rings is 1. The molecule has 0 bridgehead atoms. The van der Waals surface area contributed by atoms with Crippen LogP contribution in [0.4, 0.5) is 0 Å². The summed E-state index contributed by atoms with van der Waals surface area (Å²) in [4.78, 5) is 0.502. The fraction of sp³-hybridized carbons (Fsp3) is 0.235. The lowest BCUT2D eigenvalue weighted by Gasteiger charge is -2.05. The average molecular weight is 379 g/mol. The first-order chi connectivity index (χ1) is 11.5. The minimum atomic E-state index is -3.77. The van der Waals surface area contributed by atoms with E-state index in [0.717, 1.165) is 21.1 Å². The Morgan fingerprint density at radius 3 is 2.67 bits per heavy atom. The van der Waals surface area contributed by atoms with Crippen LogP contribution in [0, 0.1) is 11.3 Å². The molecular weight excluding hydrogens is 360 g/mol. The van der Waals surface area contributed by atoms with Crippen molar-refractivity contribution in [3.05, 3.63) is 57.8 Å². The second-order valence-corrected chi connectivity index (χ2v) is 8.93. The van der Waals surface area contributed by atoms with Gasteiger partial charge < -0.3 is 0 Å². The standard InChI is InChI=1S/C17H18N2O2S3/c1-22-17-10-9-15(23-17)12-16(13-18)24(20,21)19-11-5-8-14-6-3-2-4-7-14/h2-4,6-7,9-10,12,19H,5,8,11H2,1H3. The van der Waals surface area contributed by atoms with Crippen LogP contribution in [0.15, 0.2) is 51.6 Å². The molecule has 0 aliphatic carbocycles. The van der Waals surface area contributed by atoms with Crippen molar-refractivity contribution >= 4 is 39.2 Å². The highest BCUT2D eigenvalue weighted by Crippen LogP contribution is 2.27. The van der Waals surface area contributed by atoms with E-state index in [4.69, 9.17) is 0 Å². The van der Waals surface area contributed by atoms with E-state index in [9.17, 15) is 13.7 Å². The van der Waals surface area contributed by atoms with Crippen LogP contribution in [-0.2, 0) is 16.4 Å². The average Bonchev–Trinajstić information content (AvgIpc) is 3.05. The summed E-state index contributed by atoms with van der Waals surface area (Å²) in [6.45, 7) is 0.302. The molecule has 0 amide bonds. The summed E-state index contributed by atoms with van der Waals surface area (Å²) < 4.78 is 28.1. The van der Waals surface area contributed by atoms with E-state index < -0.39 is 10.0 Å². The highest BCUT2D eigenvalue weighted by molar-refractivity contribution is 8.00. The van der Waals surface area contributed by atoms with Crippen molar-refractivity contribution in [2.24, 2.45) is 0 Å². The minimum Gasteiger partial charge on any atom is -0.211 e. The Kier molecular flexibility index (Phi) is 7.06. The molecule has 0 radical (unpaired) electrons. The van der Waals surface area contributed by atoms with Crippen LogP contribution in [0.2, 0.25) is 0 Å². The van der Waals surface area contributed by atoms with Crippen molar-refractivity contribution in [1.82, 2.24) is 4.72 Å². The van der Waals surface area contributed by atoms with Crippen molar-refractivity contribution in [2.75, 3.05) is 12.8 Å². The van der Waals surface area contributed by atoms with E-state index in [1.165, 1.54) is 17.4 Å². The van der Waals surface area contributed by atoms with Gasteiger partial charge in [-0.05, 0) is 42.9 Å². The molecule has 1 N–H and O–H groups in total. The second kappa shape index (κ2) is 9.04. The van der Waals surface area contributed by atoms with Crippen molar-refractivity contribution in [3.8, 4) is 6.07 Å². The molecule has 2 aromatic rings. The first-order valence-electron chi connectivity index (χ1n) is 7.34. The third-order valence-corrected chi connectivity index (χ3v) is 6.74. The number of nitriles is 1. The van der Waals surface area contributed by atoms with Gasteiger partial charge in [-0.25, -0.2) is 13.1 Å². The van der Waals surface area contributed by atoms with Gasteiger partial charge in [0, 0.05) is 11.4 Å². The molecule has 0 aliphatic rings. The van der Waals surface area contributed by atoms with Gasteiger partial charge in [0.1, 0.15) is 6.07 Å². The first-order valence-corrected chi connectivity index (χ1v) is 10.9. The Bertz CT molecular complexity index is 834. The molecule has 1 aromatic carbocycles. The SMILES string of the molecule is CSc1ccc(C=C(C#N)S(=O)(=O)NCCCc2ccccc2)s1. The summed E-state index contributed by atoms with van der Waals surface area (Å²) in [6, 6.07) is 15.4. The Labute approximate surface area is 151 Å². The van der Waals surface area contributed by atoms with Gasteiger partial charge >= 0.3 is 0 Å². The number of thioether (sulfide) groups is 1. The maximum atomic E-state index is 12.3. The summed E-state index contributed by atoms with van der Waals surface area (Å²) in [7, 11) is -3.77. The van der Waals surface area contributed by atoms with E-state index in [1.54, 1.807) is 17.8 Å². The molecule has 0 aliphatic heterocycles. The summed E-state index contributed by atoms with van der Waals surface area (Å²) >= 11 is 3.05. The maximum absolute atomic E-state index is 12.3. The number of nitrogens with one attached hydrogen (secondary N) is 1. The van der Waals surface area contributed by atoms with Gasteiger partial charge in [0.05, 0.1) is 4.21 Å². The van der Waals surface area contributed by atoms with E-state index in [1.807, 2.05) is 48.7 Å². The van der Waals surface area contributed by atoms with Crippen LogP contribution in [0.3, 0.4) is 0 Å². The Balaban J connectivity index is 1.95. The van der Waals surface area contributed by atoms with Gasteiger partial charge in [0.15, 0.2) is 4.91 Å². The monoisotopic (exact) mass is 378 g/mol. The maximum Gasteiger partial charge on any atom is 0.250 e. The molecule has 7 heteroatoms. The van der Waals surface area contributed by atoms with E-state index in [0.29, 0.717) is 13.0 Å². The highest BCUT2D eigenvalue weighted by Gasteiger charge is 2.17. The molecule has 4 nitrogen and oxygen atoms in total. The van der Waals surface area contributed by atoms with Crippen molar-refractivity contribution in [2.45, 2.75) is 17.1 Å². The van der Waals surface area contributed by atoms with Gasteiger partial charge in [0.25, 0.3) is 10.0 Å². The number of hydrogen-bond donors (Lipinski definition) is 1. The Morgan fingerprint density at radius 2 is 2.04 bits per heavy atom. The number of benzene rings is 1. The summed E-state index contributed by atoms with van der Waals surface area (Å²) in [6.07, 6.45) is 4.84. The van der Waals surface area contributed by atoms with Crippen LogP contribution in [0.25, 0.3) is 6.08 Å². The topological polar surface area (TPSA) is 70.0 Å². The van der Waals surface area contributed by atoms with Gasteiger partial charge in [-0.2, -0.15) is 5.26 Å². The van der Waals surface area contributed by atoms with E-state index in [2.05, 4.69) is 4.72 Å². The molecule has 0 fully saturated rings. The predicted molar refractivity (Wildman–Crippen MR) is 101 cm³/mol. The smallest absolute Gasteiger partial charge is 0.211 e. The number of hydrogen-bond acceptors (Lipinski definition) is 5. The van der Waals surface area contributed by atoms with Gasteiger partial charge in [-0.15, -0.1) is 23.1 Å². The zero-order chi connectivity index (χ0) is 17.4. The molecule has 1 heterocycles. The van der Waals surface area contributed by atoms with E-state index >= 15 is 0 Å². The molecule has 24 heavy (non-hydrogen) atoms. The fourth-order valence-electron chi connectivity index (χ4n) is 2.04. The zero-order valence-corrected chi connectivity index (χ0v) is 15.7. The van der Waals surface area contributed by atoms with Gasteiger partial charge in [-0.3, -0.25) is 0 Å². The summed E-state index contributed by atoms with van der Waals surface area (Å²) in [5.41, 5.74) is 1.16. The molecule has 0 saturated heterocycles. The zero-order valence-electron chi connectivity index (χ0n) is 13.2. The molecule has 2 rings (SSSR count). The molecule has 0 atom stereocenters. The fourth-order valence-corrected chi connectivity index (χ4v) is 4.60. The largest absolute Gasteiger partial charge is 0.250 e. The van der Waals surface area contributed by atoms with Crippen molar-refractivity contribution in [3.63, 3.8) is 0 Å². The lowest BCUT2D eigenvalue weighted by Crippen LogP contribution is -2.26. The number of nitrogens with zero attached hydrogens (tertiary/aromatic N) is 1. The number of aryl methyl sites for hydroxylation is 1.